The smallest absolute Gasteiger partial charge is 0.234 e. The minimum Gasteiger partial charge on any atom is -0.493 e. The first-order valence-corrected chi connectivity index (χ1v) is 9.44. The Kier molecular flexibility index (Phi) is 6.58. The summed E-state index contributed by atoms with van der Waals surface area (Å²) in [7, 11) is 3.28. The number of hydrogen-bond donors (Lipinski definition) is 1. The molecule has 0 radical (unpaired) electrons. The van der Waals surface area contributed by atoms with Crippen LogP contribution in [0.15, 0.2) is 36.4 Å². The zero-order chi connectivity index (χ0) is 19.2. The van der Waals surface area contributed by atoms with Gasteiger partial charge in [-0.3, -0.25) is 9.69 Å². The normalized spacial score (nSPS) is 13.7. The molecule has 0 fully saturated rings. The molecule has 1 aliphatic heterocycles. The molecule has 1 amide bonds. The van der Waals surface area contributed by atoms with Gasteiger partial charge in [0, 0.05) is 24.7 Å². The van der Waals surface area contributed by atoms with Crippen molar-refractivity contribution in [1.29, 1.82) is 0 Å². The van der Waals surface area contributed by atoms with Gasteiger partial charge < -0.3 is 14.8 Å². The van der Waals surface area contributed by atoms with E-state index in [4.69, 9.17) is 21.1 Å². The van der Waals surface area contributed by atoms with Gasteiger partial charge in [-0.2, -0.15) is 0 Å². The van der Waals surface area contributed by atoms with E-state index in [2.05, 4.69) is 10.2 Å². The van der Waals surface area contributed by atoms with Crippen molar-refractivity contribution in [2.45, 2.75) is 19.4 Å². The van der Waals surface area contributed by atoms with Crippen LogP contribution in [-0.2, 0) is 24.2 Å². The lowest BCUT2D eigenvalue weighted by atomic mass is 9.99. The summed E-state index contributed by atoms with van der Waals surface area (Å²) in [5.41, 5.74) is 3.56. The number of ether oxygens (including phenoxy) is 2. The summed E-state index contributed by atoms with van der Waals surface area (Å²) in [5.74, 6) is 1.52. The fourth-order valence-corrected chi connectivity index (χ4v) is 3.59. The van der Waals surface area contributed by atoms with Crippen molar-refractivity contribution in [3.05, 3.63) is 58.1 Å². The Balaban J connectivity index is 1.51. The van der Waals surface area contributed by atoms with Crippen LogP contribution in [0, 0.1) is 0 Å². The molecule has 1 N–H and O–H groups in total. The SMILES string of the molecule is COc1cc2c(cc1OC)CN(CC(=O)NCCc1cccc(Cl)c1)CC2. The molecule has 0 saturated heterocycles. The molecule has 5 nitrogen and oxygen atoms in total. The lowest BCUT2D eigenvalue weighted by Crippen LogP contribution is -2.40. The number of rotatable bonds is 7. The molecule has 27 heavy (non-hydrogen) atoms. The average Bonchev–Trinajstić information content (AvgIpc) is 2.67. The molecular weight excluding hydrogens is 364 g/mol. The number of carbonyl (C=O) groups excluding carboxylic acids is 1. The molecule has 0 bridgehead atoms. The Morgan fingerprint density at radius 3 is 2.59 bits per heavy atom. The van der Waals surface area contributed by atoms with Crippen molar-refractivity contribution < 1.29 is 14.3 Å². The Morgan fingerprint density at radius 2 is 1.89 bits per heavy atom. The Bertz CT molecular complexity index is 810. The molecule has 144 valence electrons. The predicted octanol–water partition coefficient (Wildman–Crippen LogP) is 3.07. The van der Waals surface area contributed by atoms with Crippen molar-refractivity contribution in [3.63, 3.8) is 0 Å². The molecule has 0 atom stereocenters. The quantitative estimate of drug-likeness (QED) is 0.792. The Morgan fingerprint density at radius 1 is 1.15 bits per heavy atom. The number of carbonyl (C=O) groups is 1. The van der Waals surface area contributed by atoms with E-state index in [1.165, 1.54) is 11.1 Å². The minimum absolute atomic E-state index is 0.0426. The van der Waals surface area contributed by atoms with Crippen LogP contribution < -0.4 is 14.8 Å². The second-order valence-electron chi connectivity index (χ2n) is 6.67. The third kappa shape index (κ3) is 5.15. The Hall–Kier alpha value is -2.24. The summed E-state index contributed by atoms with van der Waals surface area (Å²) in [5, 5.41) is 3.71. The number of halogens is 1. The lowest BCUT2D eigenvalue weighted by molar-refractivity contribution is -0.122. The molecule has 6 heteroatoms. The van der Waals surface area contributed by atoms with Gasteiger partial charge in [0.25, 0.3) is 0 Å². The van der Waals surface area contributed by atoms with E-state index in [1.807, 2.05) is 36.4 Å². The molecule has 3 rings (SSSR count). The molecule has 0 aromatic heterocycles. The van der Waals surface area contributed by atoms with Gasteiger partial charge in [-0.15, -0.1) is 0 Å². The number of nitrogens with one attached hydrogen (secondary N) is 1. The van der Waals surface area contributed by atoms with Gasteiger partial charge in [0.1, 0.15) is 0 Å². The van der Waals surface area contributed by atoms with E-state index in [0.717, 1.165) is 48.0 Å². The number of hydrogen-bond acceptors (Lipinski definition) is 4. The average molecular weight is 389 g/mol. The first kappa shape index (κ1) is 19.5. The highest BCUT2D eigenvalue weighted by molar-refractivity contribution is 6.30. The van der Waals surface area contributed by atoms with Crippen LogP contribution in [0.1, 0.15) is 16.7 Å². The van der Waals surface area contributed by atoms with Crippen molar-refractivity contribution in [2.75, 3.05) is 33.9 Å². The van der Waals surface area contributed by atoms with E-state index in [1.54, 1.807) is 14.2 Å². The predicted molar refractivity (Wildman–Crippen MR) is 107 cm³/mol. The number of fused-ring (bicyclic) bond motifs is 1. The maximum atomic E-state index is 12.3. The maximum absolute atomic E-state index is 12.3. The summed E-state index contributed by atoms with van der Waals surface area (Å²) in [6.45, 7) is 2.58. The molecule has 0 saturated carbocycles. The van der Waals surface area contributed by atoms with Crippen LogP contribution in [0.25, 0.3) is 0 Å². The second kappa shape index (κ2) is 9.11. The second-order valence-corrected chi connectivity index (χ2v) is 7.10. The zero-order valence-corrected chi connectivity index (χ0v) is 16.5. The topological polar surface area (TPSA) is 50.8 Å². The van der Waals surface area contributed by atoms with Crippen molar-refractivity contribution in [3.8, 4) is 11.5 Å². The van der Waals surface area contributed by atoms with Crippen LogP contribution in [0.2, 0.25) is 5.02 Å². The summed E-state index contributed by atoms with van der Waals surface area (Å²) >= 11 is 5.99. The van der Waals surface area contributed by atoms with Gasteiger partial charge in [-0.25, -0.2) is 0 Å². The number of amides is 1. The first-order chi connectivity index (χ1) is 13.1. The van der Waals surface area contributed by atoms with E-state index in [-0.39, 0.29) is 5.91 Å². The lowest BCUT2D eigenvalue weighted by Gasteiger charge is -2.29. The highest BCUT2D eigenvalue weighted by Crippen LogP contribution is 2.33. The minimum atomic E-state index is 0.0426. The van der Waals surface area contributed by atoms with Crippen molar-refractivity contribution in [1.82, 2.24) is 10.2 Å². The third-order valence-electron chi connectivity index (χ3n) is 4.79. The number of methoxy groups -OCH3 is 2. The van der Waals surface area contributed by atoms with Gasteiger partial charge in [0.2, 0.25) is 5.91 Å². The molecule has 1 heterocycles. The van der Waals surface area contributed by atoms with Gasteiger partial charge in [0.15, 0.2) is 11.5 Å². The highest BCUT2D eigenvalue weighted by atomic mass is 35.5. The van der Waals surface area contributed by atoms with E-state index in [9.17, 15) is 4.79 Å². The molecular formula is C21H25ClN2O3. The van der Waals surface area contributed by atoms with Crippen LogP contribution in [-0.4, -0.2) is 44.7 Å². The molecule has 0 aliphatic carbocycles. The monoisotopic (exact) mass is 388 g/mol. The summed E-state index contributed by atoms with van der Waals surface area (Å²) in [6.07, 6.45) is 1.66. The van der Waals surface area contributed by atoms with E-state index >= 15 is 0 Å². The van der Waals surface area contributed by atoms with Crippen LogP contribution in [0.4, 0.5) is 0 Å². The van der Waals surface area contributed by atoms with Crippen molar-refractivity contribution >= 4 is 17.5 Å². The summed E-state index contributed by atoms with van der Waals surface area (Å²) < 4.78 is 10.8. The maximum Gasteiger partial charge on any atom is 0.234 e. The van der Waals surface area contributed by atoms with Crippen LogP contribution in [0.5, 0.6) is 11.5 Å². The largest absolute Gasteiger partial charge is 0.493 e. The van der Waals surface area contributed by atoms with Gasteiger partial charge in [-0.1, -0.05) is 23.7 Å². The molecule has 0 spiro atoms. The van der Waals surface area contributed by atoms with Crippen molar-refractivity contribution in [2.24, 2.45) is 0 Å². The van der Waals surface area contributed by atoms with Crippen LogP contribution in [0.3, 0.4) is 0 Å². The molecule has 2 aromatic rings. The fourth-order valence-electron chi connectivity index (χ4n) is 3.37. The number of benzene rings is 2. The van der Waals surface area contributed by atoms with E-state index < -0.39 is 0 Å². The number of nitrogens with zero attached hydrogens (tertiary/aromatic N) is 1. The summed E-state index contributed by atoms with van der Waals surface area (Å²) in [6, 6.07) is 11.8. The standard InChI is InChI=1S/C21H25ClN2O3/c1-26-19-11-16-7-9-24(13-17(16)12-20(19)27-2)14-21(25)23-8-6-15-4-3-5-18(22)10-15/h3-5,10-12H,6-9,13-14H2,1-2H3,(H,23,25). The highest BCUT2D eigenvalue weighted by Gasteiger charge is 2.20. The molecule has 1 aliphatic rings. The van der Waals surface area contributed by atoms with Crippen LogP contribution >= 0.6 is 11.6 Å². The first-order valence-electron chi connectivity index (χ1n) is 9.06. The van der Waals surface area contributed by atoms with E-state index in [0.29, 0.717) is 13.1 Å². The van der Waals surface area contributed by atoms with Gasteiger partial charge in [0.05, 0.1) is 20.8 Å². The Labute approximate surface area is 165 Å². The fraction of sp³-hybridized carbons (Fsp3) is 0.381. The molecule has 2 aromatic carbocycles. The third-order valence-corrected chi connectivity index (χ3v) is 5.02. The zero-order valence-electron chi connectivity index (χ0n) is 15.8. The van der Waals surface area contributed by atoms with Gasteiger partial charge in [-0.05, 0) is 53.8 Å². The molecule has 0 unspecified atom stereocenters. The van der Waals surface area contributed by atoms with Gasteiger partial charge >= 0.3 is 0 Å². The summed E-state index contributed by atoms with van der Waals surface area (Å²) in [4.78, 5) is 14.4.